The monoisotopic (exact) mass is 451 g/mol. The Hall–Kier alpha value is -2.22. The molecule has 9 heteroatoms. The predicted octanol–water partition coefficient (Wildman–Crippen LogP) is 4.98. The molecule has 1 aliphatic heterocycles. The fourth-order valence-electron chi connectivity index (χ4n) is 2.75. The van der Waals surface area contributed by atoms with Crippen molar-refractivity contribution >= 4 is 63.3 Å². The summed E-state index contributed by atoms with van der Waals surface area (Å²) in [7, 11) is 1.59. The van der Waals surface area contributed by atoms with Crippen LogP contribution in [0.3, 0.4) is 0 Å². The summed E-state index contributed by atoms with van der Waals surface area (Å²) in [6.45, 7) is 2.34. The lowest BCUT2D eigenvalue weighted by Crippen LogP contribution is -2.33. The van der Waals surface area contributed by atoms with E-state index in [1.807, 2.05) is 19.1 Å². The van der Waals surface area contributed by atoms with Gasteiger partial charge in [0.15, 0.2) is 5.17 Å². The van der Waals surface area contributed by atoms with Gasteiger partial charge in [-0.3, -0.25) is 14.5 Å². The number of halogens is 2. The summed E-state index contributed by atoms with van der Waals surface area (Å²) >= 11 is 13.4. The molecule has 2 aromatic carbocycles. The van der Waals surface area contributed by atoms with Crippen LogP contribution in [0.4, 0.5) is 11.4 Å². The van der Waals surface area contributed by atoms with Crippen molar-refractivity contribution in [3.63, 3.8) is 0 Å². The molecule has 0 radical (unpaired) electrons. The maximum absolute atomic E-state index is 12.7. The minimum Gasteiger partial charge on any atom is -0.497 e. The van der Waals surface area contributed by atoms with E-state index in [1.165, 1.54) is 11.8 Å². The van der Waals surface area contributed by atoms with E-state index in [0.717, 1.165) is 5.75 Å². The molecule has 0 spiro atoms. The largest absolute Gasteiger partial charge is 0.497 e. The lowest BCUT2D eigenvalue weighted by atomic mass is 10.2. The molecular formula is C20H19Cl2N3O3S. The van der Waals surface area contributed by atoms with Crippen LogP contribution < -0.4 is 10.1 Å². The number of nitrogens with one attached hydrogen (secondary N) is 1. The van der Waals surface area contributed by atoms with E-state index in [0.29, 0.717) is 28.1 Å². The van der Waals surface area contributed by atoms with Crippen molar-refractivity contribution in [2.75, 3.05) is 19.0 Å². The lowest BCUT2D eigenvalue weighted by Gasteiger charge is -2.13. The molecule has 1 aliphatic rings. The van der Waals surface area contributed by atoms with Gasteiger partial charge >= 0.3 is 0 Å². The molecule has 6 nitrogen and oxygen atoms in total. The smallest absolute Gasteiger partial charge is 0.242 e. The topological polar surface area (TPSA) is 71.0 Å². The molecule has 29 heavy (non-hydrogen) atoms. The third-order valence-electron chi connectivity index (χ3n) is 4.23. The summed E-state index contributed by atoms with van der Waals surface area (Å²) in [5.41, 5.74) is 1.12. The normalized spacial score (nSPS) is 17.7. The predicted molar refractivity (Wildman–Crippen MR) is 119 cm³/mol. The molecule has 0 bridgehead atoms. The number of amides is 2. The highest BCUT2D eigenvalue weighted by Gasteiger charge is 2.38. The molecule has 1 heterocycles. The van der Waals surface area contributed by atoms with Crippen molar-refractivity contribution < 1.29 is 14.3 Å². The van der Waals surface area contributed by atoms with E-state index >= 15 is 0 Å². The summed E-state index contributed by atoms with van der Waals surface area (Å²) in [5, 5.41) is 3.35. The molecule has 1 fully saturated rings. The van der Waals surface area contributed by atoms with Gasteiger partial charge in [-0.15, -0.1) is 0 Å². The number of carbonyl (C=O) groups excluding carboxylic acids is 2. The number of benzene rings is 2. The van der Waals surface area contributed by atoms with Crippen LogP contribution in [-0.4, -0.2) is 40.8 Å². The molecule has 1 saturated heterocycles. The first-order valence-electron chi connectivity index (χ1n) is 8.87. The molecule has 2 amide bonds. The van der Waals surface area contributed by atoms with Crippen LogP contribution in [-0.2, 0) is 9.59 Å². The van der Waals surface area contributed by atoms with Gasteiger partial charge in [-0.05, 0) is 43.3 Å². The zero-order valence-corrected chi connectivity index (χ0v) is 18.1. The molecule has 3 rings (SSSR count). The fourth-order valence-corrected chi connectivity index (χ4v) is 4.32. The first-order chi connectivity index (χ1) is 13.9. The first-order valence-corrected chi connectivity index (χ1v) is 10.5. The van der Waals surface area contributed by atoms with Crippen molar-refractivity contribution in [2.24, 2.45) is 4.99 Å². The molecular weight excluding hydrogens is 433 g/mol. The number of methoxy groups -OCH3 is 1. The summed E-state index contributed by atoms with van der Waals surface area (Å²) in [6, 6.07) is 12.2. The molecule has 152 valence electrons. The van der Waals surface area contributed by atoms with Crippen LogP contribution in [0, 0.1) is 0 Å². The second-order valence-electron chi connectivity index (χ2n) is 6.14. The van der Waals surface area contributed by atoms with E-state index in [4.69, 9.17) is 27.9 Å². The zero-order valence-electron chi connectivity index (χ0n) is 15.8. The van der Waals surface area contributed by atoms with E-state index in [9.17, 15) is 9.59 Å². The van der Waals surface area contributed by atoms with Crippen molar-refractivity contribution in [3.8, 4) is 5.75 Å². The molecule has 0 aliphatic carbocycles. The quantitative estimate of drug-likeness (QED) is 0.671. The van der Waals surface area contributed by atoms with Gasteiger partial charge in [0.05, 0.1) is 28.5 Å². The third kappa shape index (κ3) is 5.04. The third-order valence-corrected chi connectivity index (χ3v) is 6.22. The number of carbonyl (C=O) groups is 2. The van der Waals surface area contributed by atoms with Gasteiger partial charge in [-0.25, -0.2) is 4.99 Å². The number of nitrogens with zero attached hydrogens (tertiary/aromatic N) is 2. The van der Waals surface area contributed by atoms with Crippen LogP contribution in [0.15, 0.2) is 47.5 Å². The van der Waals surface area contributed by atoms with Gasteiger partial charge in [-0.2, -0.15) is 0 Å². The number of ether oxygens (including phenoxy) is 1. The van der Waals surface area contributed by atoms with Gasteiger partial charge in [0.25, 0.3) is 0 Å². The average Bonchev–Trinajstić information content (AvgIpc) is 3.00. The minimum atomic E-state index is -0.551. The second kappa shape index (κ2) is 9.52. The molecule has 0 unspecified atom stereocenters. The Morgan fingerprint density at radius 3 is 2.62 bits per heavy atom. The highest BCUT2D eigenvalue weighted by atomic mass is 35.5. The van der Waals surface area contributed by atoms with Gasteiger partial charge in [-0.1, -0.05) is 41.0 Å². The Bertz CT molecular complexity index is 950. The van der Waals surface area contributed by atoms with Crippen molar-refractivity contribution in [1.29, 1.82) is 0 Å². The molecule has 1 atom stereocenters. The van der Waals surface area contributed by atoms with Crippen molar-refractivity contribution in [3.05, 3.63) is 52.5 Å². The first kappa shape index (κ1) is 21.5. The van der Waals surface area contributed by atoms with Crippen molar-refractivity contribution in [2.45, 2.75) is 18.6 Å². The summed E-state index contributed by atoms with van der Waals surface area (Å²) in [4.78, 5) is 31.3. The summed E-state index contributed by atoms with van der Waals surface area (Å²) in [6.07, 6.45) is 0.00444. The fraction of sp³-hybridized carbons (Fsp3) is 0.250. The molecule has 0 aromatic heterocycles. The number of aliphatic imine (C=N–C) groups is 1. The SMILES string of the molecule is CCN1C(=O)[C@@H](CC(=O)Nc2cccc(Cl)c2Cl)SC1=Nc1ccc(OC)cc1. The molecule has 1 N–H and O–H groups in total. The molecule has 0 saturated carbocycles. The van der Waals surface area contributed by atoms with E-state index in [2.05, 4.69) is 10.3 Å². The standard InChI is InChI=1S/C20H19Cl2N3O3S/c1-3-25-19(27)16(11-17(26)24-15-6-4-5-14(21)18(15)22)29-20(25)23-12-7-9-13(28-2)10-8-12/h4-10,16H,3,11H2,1-2H3,(H,24,26)/t16-/m1/s1. The Labute approximate surface area is 183 Å². The Balaban J connectivity index is 1.71. The minimum absolute atomic E-state index is 0.00444. The molecule has 2 aromatic rings. The number of rotatable bonds is 6. The van der Waals surface area contributed by atoms with Crippen LogP contribution in [0.2, 0.25) is 10.0 Å². The maximum atomic E-state index is 12.7. The average molecular weight is 452 g/mol. The number of hydrogen-bond acceptors (Lipinski definition) is 5. The van der Waals surface area contributed by atoms with Gasteiger partial charge in [0.2, 0.25) is 11.8 Å². The van der Waals surface area contributed by atoms with E-state index < -0.39 is 5.25 Å². The number of hydrogen-bond donors (Lipinski definition) is 1. The van der Waals surface area contributed by atoms with Gasteiger partial charge in [0, 0.05) is 13.0 Å². The maximum Gasteiger partial charge on any atom is 0.242 e. The van der Waals surface area contributed by atoms with Crippen LogP contribution >= 0.6 is 35.0 Å². The van der Waals surface area contributed by atoms with Crippen LogP contribution in [0.25, 0.3) is 0 Å². The van der Waals surface area contributed by atoms with Crippen molar-refractivity contribution in [1.82, 2.24) is 4.90 Å². The highest BCUT2D eigenvalue weighted by Crippen LogP contribution is 2.33. The number of amidine groups is 1. The summed E-state index contributed by atoms with van der Waals surface area (Å²) in [5.74, 6) is 0.268. The Morgan fingerprint density at radius 1 is 1.24 bits per heavy atom. The lowest BCUT2D eigenvalue weighted by molar-refractivity contribution is -0.128. The Morgan fingerprint density at radius 2 is 1.97 bits per heavy atom. The summed E-state index contributed by atoms with van der Waals surface area (Å²) < 4.78 is 5.14. The second-order valence-corrected chi connectivity index (χ2v) is 8.09. The number of anilines is 1. The Kier molecular flexibility index (Phi) is 7.05. The number of thioether (sulfide) groups is 1. The highest BCUT2D eigenvalue weighted by molar-refractivity contribution is 8.15. The van der Waals surface area contributed by atoms with Crippen LogP contribution in [0.5, 0.6) is 5.75 Å². The zero-order chi connectivity index (χ0) is 21.0. The van der Waals surface area contributed by atoms with Gasteiger partial charge in [0.1, 0.15) is 11.0 Å². The van der Waals surface area contributed by atoms with Gasteiger partial charge < -0.3 is 10.1 Å². The van der Waals surface area contributed by atoms with Crippen LogP contribution in [0.1, 0.15) is 13.3 Å². The van der Waals surface area contributed by atoms with E-state index in [-0.39, 0.29) is 23.3 Å². The van der Waals surface area contributed by atoms with E-state index in [1.54, 1.807) is 42.3 Å².